The van der Waals surface area contributed by atoms with Crippen LogP contribution >= 0.6 is 0 Å². The molecule has 1 amide bonds. The number of nitrogens with zero attached hydrogens (tertiary/aromatic N) is 2. The average Bonchev–Trinajstić information content (AvgIpc) is 3.19. The van der Waals surface area contributed by atoms with Crippen LogP contribution < -0.4 is 5.32 Å². The van der Waals surface area contributed by atoms with Crippen LogP contribution in [-0.4, -0.2) is 15.5 Å². The van der Waals surface area contributed by atoms with Gasteiger partial charge in [0.1, 0.15) is 11.6 Å². The van der Waals surface area contributed by atoms with Crippen molar-refractivity contribution in [2.45, 2.75) is 13.3 Å². The highest BCUT2D eigenvalue weighted by atomic mass is 19.1. The Labute approximate surface area is 126 Å². The van der Waals surface area contributed by atoms with E-state index in [1.165, 1.54) is 12.4 Å². The maximum absolute atomic E-state index is 14.1. The summed E-state index contributed by atoms with van der Waals surface area (Å²) in [6.07, 6.45) is 5.43. The minimum absolute atomic E-state index is 0.205. The van der Waals surface area contributed by atoms with Crippen molar-refractivity contribution in [1.82, 2.24) is 9.55 Å². The molecule has 1 aromatic carbocycles. The minimum atomic E-state index is -0.454. The first-order valence-electron chi connectivity index (χ1n) is 6.85. The quantitative estimate of drug-likeness (QED) is 0.803. The molecule has 0 radical (unpaired) electrons. The molecule has 22 heavy (non-hydrogen) atoms. The molecule has 0 saturated carbocycles. The predicted octanol–water partition coefficient (Wildman–Crippen LogP) is 3.42. The van der Waals surface area contributed by atoms with Crippen molar-refractivity contribution in [3.8, 4) is 5.69 Å². The van der Waals surface area contributed by atoms with Crippen molar-refractivity contribution in [1.29, 1.82) is 0 Å². The molecule has 0 aliphatic heterocycles. The van der Waals surface area contributed by atoms with Gasteiger partial charge in [-0.25, -0.2) is 9.37 Å². The van der Waals surface area contributed by atoms with E-state index in [1.54, 1.807) is 41.2 Å². The molecule has 0 fully saturated rings. The first kappa shape index (κ1) is 14.1. The van der Waals surface area contributed by atoms with Crippen molar-refractivity contribution in [2.75, 3.05) is 5.32 Å². The first-order valence-corrected chi connectivity index (χ1v) is 6.85. The summed E-state index contributed by atoms with van der Waals surface area (Å²) in [5, 5.41) is 2.61. The standard InChI is InChI=1S/C16H14FN3O2/c1-2-12-4-6-15(22-12)16(21)19-11-3-5-14(13(17)9-11)20-8-7-18-10-20/h3-10H,2H2,1H3,(H,19,21). The Morgan fingerprint density at radius 2 is 2.23 bits per heavy atom. The number of aryl methyl sites for hydroxylation is 1. The third-order valence-corrected chi connectivity index (χ3v) is 3.22. The van der Waals surface area contributed by atoms with Gasteiger partial charge in [-0.3, -0.25) is 4.79 Å². The number of halogens is 1. The van der Waals surface area contributed by atoms with Gasteiger partial charge in [0.15, 0.2) is 5.76 Å². The normalized spacial score (nSPS) is 10.6. The molecular weight excluding hydrogens is 285 g/mol. The molecule has 0 saturated heterocycles. The number of carbonyl (C=O) groups excluding carboxylic acids is 1. The molecule has 0 aliphatic carbocycles. The summed E-state index contributed by atoms with van der Waals surface area (Å²) in [6, 6.07) is 7.81. The number of nitrogens with one attached hydrogen (secondary N) is 1. The number of hydrogen-bond acceptors (Lipinski definition) is 3. The highest BCUT2D eigenvalue weighted by molar-refractivity contribution is 6.02. The van der Waals surface area contributed by atoms with E-state index in [-0.39, 0.29) is 5.76 Å². The lowest BCUT2D eigenvalue weighted by atomic mass is 10.2. The van der Waals surface area contributed by atoms with Gasteiger partial charge in [-0.15, -0.1) is 0 Å². The fraction of sp³-hybridized carbons (Fsp3) is 0.125. The maximum atomic E-state index is 14.1. The average molecular weight is 299 g/mol. The van der Waals surface area contributed by atoms with Crippen molar-refractivity contribution in [2.24, 2.45) is 0 Å². The Bertz CT molecular complexity index is 794. The summed E-state index contributed by atoms with van der Waals surface area (Å²) in [5.74, 6) is 0.0710. The molecular formula is C16H14FN3O2. The van der Waals surface area contributed by atoms with Crippen LogP contribution in [0, 0.1) is 5.82 Å². The van der Waals surface area contributed by atoms with Gasteiger partial charge in [-0.1, -0.05) is 6.92 Å². The van der Waals surface area contributed by atoms with Gasteiger partial charge in [0.05, 0.1) is 12.0 Å². The molecule has 0 spiro atoms. The van der Waals surface area contributed by atoms with E-state index in [4.69, 9.17) is 4.42 Å². The van der Waals surface area contributed by atoms with Gasteiger partial charge < -0.3 is 14.3 Å². The Morgan fingerprint density at radius 1 is 1.36 bits per heavy atom. The number of benzene rings is 1. The molecule has 112 valence electrons. The zero-order chi connectivity index (χ0) is 15.5. The number of carbonyl (C=O) groups is 1. The van der Waals surface area contributed by atoms with Crippen LogP contribution in [0.3, 0.4) is 0 Å². The Morgan fingerprint density at radius 3 is 2.86 bits per heavy atom. The SMILES string of the molecule is CCc1ccc(C(=O)Nc2ccc(-n3ccnc3)c(F)c2)o1. The summed E-state index contributed by atoms with van der Waals surface area (Å²) < 4.78 is 21.0. The first-order chi connectivity index (χ1) is 10.7. The minimum Gasteiger partial charge on any atom is -0.456 e. The van der Waals surface area contributed by atoms with Crippen LogP contribution in [0.2, 0.25) is 0 Å². The molecule has 2 heterocycles. The topological polar surface area (TPSA) is 60.1 Å². The predicted molar refractivity (Wildman–Crippen MR) is 79.6 cm³/mol. The summed E-state index contributed by atoms with van der Waals surface area (Å²) in [6.45, 7) is 1.94. The van der Waals surface area contributed by atoms with Crippen LogP contribution in [-0.2, 0) is 6.42 Å². The Balaban J connectivity index is 1.78. The van der Waals surface area contributed by atoms with Crippen LogP contribution in [0.4, 0.5) is 10.1 Å². The number of hydrogen-bond donors (Lipinski definition) is 1. The van der Waals surface area contributed by atoms with Gasteiger partial charge in [0.25, 0.3) is 5.91 Å². The molecule has 0 aliphatic rings. The summed E-state index contributed by atoms with van der Waals surface area (Å²) in [5.41, 5.74) is 0.725. The van der Waals surface area contributed by atoms with Gasteiger partial charge in [0, 0.05) is 24.5 Å². The number of rotatable bonds is 4. The number of furan rings is 1. The molecule has 6 heteroatoms. The van der Waals surface area contributed by atoms with E-state index < -0.39 is 11.7 Å². The van der Waals surface area contributed by atoms with E-state index in [1.807, 2.05) is 6.92 Å². The second kappa shape index (κ2) is 5.85. The van der Waals surface area contributed by atoms with E-state index in [0.717, 1.165) is 5.76 Å². The number of imidazole rings is 1. The second-order valence-corrected chi connectivity index (χ2v) is 4.71. The molecule has 1 N–H and O–H groups in total. The fourth-order valence-electron chi connectivity index (χ4n) is 2.08. The molecule has 0 atom stereocenters. The van der Waals surface area contributed by atoms with Crippen molar-refractivity contribution >= 4 is 11.6 Å². The Kier molecular flexibility index (Phi) is 3.74. The van der Waals surface area contributed by atoms with Crippen LogP contribution in [0.5, 0.6) is 0 Å². The van der Waals surface area contributed by atoms with Gasteiger partial charge >= 0.3 is 0 Å². The molecule has 0 bridgehead atoms. The zero-order valence-corrected chi connectivity index (χ0v) is 11.9. The lowest BCUT2D eigenvalue weighted by molar-refractivity contribution is 0.0995. The van der Waals surface area contributed by atoms with Crippen molar-refractivity contribution in [3.63, 3.8) is 0 Å². The third-order valence-electron chi connectivity index (χ3n) is 3.22. The van der Waals surface area contributed by atoms with E-state index in [0.29, 0.717) is 17.8 Å². The maximum Gasteiger partial charge on any atom is 0.291 e. The monoisotopic (exact) mass is 299 g/mol. The number of anilines is 1. The molecule has 3 rings (SSSR count). The smallest absolute Gasteiger partial charge is 0.291 e. The molecule has 2 aromatic heterocycles. The van der Waals surface area contributed by atoms with E-state index in [2.05, 4.69) is 10.3 Å². The molecule has 3 aromatic rings. The summed E-state index contributed by atoms with van der Waals surface area (Å²) >= 11 is 0. The van der Waals surface area contributed by atoms with E-state index >= 15 is 0 Å². The van der Waals surface area contributed by atoms with Gasteiger partial charge in [-0.05, 0) is 30.3 Å². The van der Waals surface area contributed by atoms with E-state index in [9.17, 15) is 9.18 Å². The molecule has 0 unspecified atom stereocenters. The summed E-state index contributed by atoms with van der Waals surface area (Å²) in [4.78, 5) is 15.9. The van der Waals surface area contributed by atoms with Crippen LogP contribution in [0.15, 0.2) is 53.5 Å². The van der Waals surface area contributed by atoms with Crippen molar-refractivity contribution < 1.29 is 13.6 Å². The number of amides is 1. The third kappa shape index (κ3) is 2.76. The Hall–Kier alpha value is -2.89. The second-order valence-electron chi connectivity index (χ2n) is 4.71. The van der Waals surface area contributed by atoms with Gasteiger partial charge in [-0.2, -0.15) is 0 Å². The largest absolute Gasteiger partial charge is 0.456 e. The fourth-order valence-corrected chi connectivity index (χ4v) is 2.08. The van der Waals surface area contributed by atoms with Crippen LogP contribution in [0.1, 0.15) is 23.2 Å². The molecule has 5 nitrogen and oxygen atoms in total. The summed E-state index contributed by atoms with van der Waals surface area (Å²) in [7, 11) is 0. The number of aromatic nitrogens is 2. The van der Waals surface area contributed by atoms with Gasteiger partial charge in [0.2, 0.25) is 0 Å². The lowest BCUT2D eigenvalue weighted by Gasteiger charge is -2.07. The highest BCUT2D eigenvalue weighted by Gasteiger charge is 2.12. The zero-order valence-electron chi connectivity index (χ0n) is 11.9. The highest BCUT2D eigenvalue weighted by Crippen LogP contribution is 2.19. The lowest BCUT2D eigenvalue weighted by Crippen LogP contribution is -2.11. The van der Waals surface area contributed by atoms with Crippen LogP contribution in [0.25, 0.3) is 5.69 Å². The van der Waals surface area contributed by atoms with Crippen molar-refractivity contribution in [3.05, 3.63) is 66.4 Å².